The summed E-state index contributed by atoms with van der Waals surface area (Å²) in [4.78, 5) is 0. The highest BCUT2D eigenvalue weighted by Gasteiger charge is 2.37. The maximum absolute atomic E-state index is 2.63. The van der Waals surface area contributed by atoms with Crippen LogP contribution in [0.5, 0.6) is 0 Å². The largest absolute Gasteiger partial charge is 0.0803 e. The van der Waals surface area contributed by atoms with E-state index in [1.807, 2.05) is 0 Å². The van der Waals surface area contributed by atoms with Crippen molar-refractivity contribution >= 4 is 8.07 Å². The summed E-state index contributed by atoms with van der Waals surface area (Å²) < 4.78 is 0. The van der Waals surface area contributed by atoms with Crippen LogP contribution in [0.4, 0.5) is 0 Å². The number of hydrogen-bond donors (Lipinski definition) is 0. The molecule has 0 bridgehead atoms. The first kappa shape index (κ1) is 13.2. The van der Waals surface area contributed by atoms with Gasteiger partial charge in [0.2, 0.25) is 0 Å². The van der Waals surface area contributed by atoms with Crippen molar-refractivity contribution in [3.05, 3.63) is 48.1 Å². The molecule has 0 N–H and O–H groups in total. The van der Waals surface area contributed by atoms with Crippen LogP contribution in [-0.2, 0) is 0 Å². The Balaban J connectivity index is 1.73. The van der Waals surface area contributed by atoms with E-state index in [0.717, 1.165) is 17.0 Å². The van der Waals surface area contributed by atoms with Crippen LogP contribution in [0.25, 0.3) is 0 Å². The number of rotatable bonds is 3. The molecular weight excluding hydrogens is 244 g/mol. The summed E-state index contributed by atoms with van der Waals surface area (Å²) in [5.41, 5.74) is 3.13. The molecule has 0 aromatic carbocycles. The van der Waals surface area contributed by atoms with Crippen LogP contribution in [0.1, 0.15) is 32.1 Å². The highest BCUT2D eigenvalue weighted by atomic mass is 28.3. The molecule has 1 saturated carbocycles. The quantitative estimate of drug-likeness (QED) is 0.582. The lowest BCUT2D eigenvalue weighted by Gasteiger charge is -2.32. The minimum absolute atomic E-state index is 0.726. The summed E-state index contributed by atoms with van der Waals surface area (Å²) in [5, 5.41) is 0. The van der Waals surface area contributed by atoms with E-state index in [2.05, 4.69) is 55.6 Å². The molecule has 1 atom stereocenters. The van der Waals surface area contributed by atoms with Crippen molar-refractivity contribution in [2.75, 3.05) is 0 Å². The van der Waals surface area contributed by atoms with E-state index in [1.54, 1.807) is 5.57 Å². The van der Waals surface area contributed by atoms with Crippen LogP contribution < -0.4 is 0 Å². The maximum atomic E-state index is 2.63. The number of hydrogen-bond acceptors (Lipinski definition) is 0. The van der Waals surface area contributed by atoms with Crippen molar-refractivity contribution in [1.29, 1.82) is 0 Å². The summed E-state index contributed by atoms with van der Waals surface area (Å²) in [7, 11) is -1.28. The average Bonchev–Trinajstić information content (AvgIpc) is 3.12. The predicted octanol–water partition coefficient (Wildman–Crippen LogP) is 5.64. The molecule has 3 aliphatic rings. The second kappa shape index (κ2) is 5.28. The fourth-order valence-electron chi connectivity index (χ4n) is 3.85. The normalized spacial score (nSPS) is 28.3. The van der Waals surface area contributed by atoms with Crippen molar-refractivity contribution in [2.45, 2.75) is 56.3 Å². The summed E-state index contributed by atoms with van der Waals surface area (Å²) in [5.74, 6) is 0.870. The van der Waals surface area contributed by atoms with Crippen LogP contribution in [-0.4, -0.2) is 8.07 Å². The molecule has 0 spiro atoms. The molecule has 0 radical (unpaired) electrons. The van der Waals surface area contributed by atoms with Crippen LogP contribution in [0.2, 0.25) is 24.2 Å². The monoisotopic (exact) mass is 270 g/mol. The minimum Gasteiger partial charge on any atom is -0.0803 e. The summed E-state index contributed by atoms with van der Waals surface area (Å²) >= 11 is 0. The summed E-state index contributed by atoms with van der Waals surface area (Å²) in [6.45, 7) is 5.10. The zero-order valence-corrected chi connectivity index (χ0v) is 13.3. The molecule has 0 aliphatic heterocycles. The maximum Gasteiger partial charge on any atom is 0.0699 e. The second-order valence-electron chi connectivity index (χ2n) is 7.00. The Bertz CT molecular complexity index is 432. The van der Waals surface area contributed by atoms with Gasteiger partial charge in [0.25, 0.3) is 0 Å². The van der Waals surface area contributed by atoms with Gasteiger partial charge in [-0.25, -0.2) is 0 Å². The fourth-order valence-corrected chi connectivity index (χ4v) is 6.73. The summed E-state index contributed by atoms with van der Waals surface area (Å²) in [6.07, 6.45) is 24.0. The van der Waals surface area contributed by atoms with Gasteiger partial charge in [0.05, 0.1) is 8.07 Å². The molecule has 1 unspecified atom stereocenters. The van der Waals surface area contributed by atoms with Gasteiger partial charge in [0, 0.05) is 0 Å². The third kappa shape index (κ3) is 2.58. The molecule has 0 amide bonds. The molecule has 3 aliphatic carbocycles. The lowest BCUT2D eigenvalue weighted by Crippen LogP contribution is -2.34. The van der Waals surface area contributed by atoms with Crippen molar-refractivity contribution in [3.63, 3.8) is 0 Å². The molecular formula is C18H26Si. The van der Waals surface area contributed by atoms with Gasteiger partial charge in [-0.05, 0) is 35.4 Å². The average molecular weight is 270 g/mol. The SMILES string of the molecule is C[Si](C)(C1C=CC=C1)C1C=CC(C2CCCCC2)=C1. The second-order valence-corrected chi connectivity index (χ2v) is 12.0. The van der Waals surface area contributed by atoms with Gasteiger partial charge >= 0.3 is 0 Å². The molecule has 19 heavy (non-hydrogen) atoms. The van der Waals surface area contributed by atoms with Crippen LogP contribution in [0.15, 0.2) is 48.1 Å². The van der Waals surface area contributed by atoms with E-state index < -0.39 is 8.07 Å². The topological polar surface area (TPSA) is 0 Å². The predicted molar refractivity (Wildman–Crippen MR) is 87.1 cm³/mol. The molecule has 0 heterocycles. The third-order valence-corrected chi connectivity index (χ3v) is 9.59. The highest BCUT2D eigenvalue weighted by Crippen LogP contribution is 2.44. The lowest BCUT2D eigenvalue weighted by molar-refractivity contribution is 0.408. The zero-order chi connectivity index (χ0) is 13.3. The number of allylic oxidation sites excluding steroid dienone is 8. The summed E-state index contributed by atoms with van der Waals surface area (Å²) in [6, 6.07) is 0. The molecule has 0 saturated heterocycles. The van der Waals surface area contributed by atoms with E-state index in [0.29, 0.717) is 0 Å². The Kier molecular flexibility index (Phi) is 3.66. The van der Waals surface area contributed by atoms with Gasteiger partial charge in [-0.15, -0.1) is 0 Å². The molecule has 1 fully saturated rings. The van der Waals surface area contributed by atoms with Gasteiger partial charge < -0.3 is 0 Å². The van der Waals surface area contributed by atoms with Gasteiger partial charge in [-0.2, -0.15) is 0 Å². The van der Waals surface area contributed by atoms with Crippen LogP contribution in [0.3, 0.4) is 0 Å². The van der Waals surface area contributed by atoms with Gasteiger partial charge in [-0.3, -0.25) is 0 Å². The van der Waals surface area contributed by atoms with Crippen molar-refractivity contribution in [3.8, 4) is 0 Å². The van der Waals surface area contributed by atoms with Crippen LogP contribution >= 0.6 is 0 Å². The lowest BCUT2D eigenvalue weighted by atomic mass is 9.84. The van der Waals surface area contributed by atoms with Gasteiger partial charge in [0.15, 0.2) is 0 Å². The van der Waals surface area contributed by atoms with Crippen molar-refractivity contribution < 1.29 is 0 Å². The molecule has 0 nitrogen and oxygen atoms in total. The Morgan fingerprint density at radius 2 is 1.58 bits per heavy atom. The first-order chi connectivity index (χ1) is 9.18. The van der Waals surface area contributed by atoms with Crippen molar-refractivity contribution in [1.82, 2.24) is 0 Å². The Morgan fingerprint density at radius 3 is 2.26 bits per heavy atom. The van der Waals surface area contributed by atoms with Crippen LogP contribution in [0, 0.1) is 5.92 Å². The van der Waals surface area contributed by atoms with Gasteiger partial charge in [-0.1, -0.05) is 74.9 Å². The Hall–Kier alpha value is -0.823. The fraction of sp³-hybridized carbons (Fsp3) is 0.556. The van der Waals surface area contributed by atoms with E-state index in [9.17, 15) is 0 Å². The molecule has 102 valence electrons. The van der Waals surface area contributed by atoms with E-state index in [1.165, 1.54) is 32.1 Å². The Morgan fingerprint density at radius 1 is 0.895 bits per heavy atom. The first-order valence-electron chi connectivity index (χ1n) is 7.93. The van der Waals surface area contributed by atoms with E-state index >= 15 is 0 Å². The third-order valence-electron chi connectivity index (χ3n) is 5.41. The first-order valence-corrected chi connectivity index (χ1v) is 11.1. The zero-order valence-electron chi connectivity index (χ0n) is 12.3. The molecule has 1 heteroatoms. The standard InChI is InChI=1S/C18H26Si/c1-19(2,17-10-6-7-11-17)18-13-12-16(14-18)15-8-4-3-5-9-15/h6-7,10-15,17-18H,3-5,8-9H2,1-2H3. The van der Waals surface area contributed by atoms with E-state index in [-0.39, 0.29) is 0 Å². The minimum atomic E-state index is -1.28. The Labute approximate surface area is 119 Å². The molecule has 3 rings (SSSR count). The smallest absolute Gasteiger partial charge is 0.0699 e. The van der Waals surface area contributed by atoms with E-state index in [4.69, 9.17) is 0 Å². The van der Waals surface area contributed by atoms with Gasteiger partial charge in [0.1, 0.15) is 0 Å². The molecule has 0 aromatic heterocycles. The van der Waals surface area contributed by atoms with Crippen molar-refractivity contribution in [2.24, 2.45) is 5.92 Å². The highest BCUT2D eigenvalue weighted by molar-refractivity contribution is 6.82. The molecule has 0 aromatic rings.